The van der Waals surface area contributed by atoms with Crippen LogP contribution >= 0.6 is 0 Å². The van der Waals surface area contributed by atoms with Crippen LogP contribution in [0.1, 0.15) is 36.1 Å². The van der Waals surface area contributed by atoms with Crippen molar-refractivity contribution < 1.29 is 19.1 Å². The highest BCUT2D eigenvalue weighted by Gasteiger charge is 2.11. The Bertz CT molecular complexity index is 348. The topological polar surface area (TPSA) is 71.7 Å². The molecular weight excluding hydrogens is 222 g/mol. The molecule has 0 aliphatic heterocycles. The van der Waals surface area contributed by atoms with E-state index in [0.29, 0.717) is 18.3 Å². The Morgan fingerprint density at radius 3 is 3.00 bits per heavy atom. The van der Waals surface area contributed by atoms with E-state index in [1.807, 2.05) is 6.92 Å². The second kappa shape index (κ2) is 7.09. The van der Waals surface area contributed by atoms with Gasteiger partial charge < -0.3 is 19.6 Å². The Hall–Kier alpha value is -1.33. The first-order chi connectivity index (χ1) is 8.17. The Kier molecular flexibility index (Phi) is 5.72. The summed E-state index contributed by atoms with van der Waals surface area (Å²) >= 11 is 0. The van der Waals surface area contributed by atoms with Crippen LogP contribution in [0.25, 0.3) is 0 Å². The standard InChI is InChI=1S/C12H19NO4/c1-9(4-3-7-14)13-8-10-5-6-11(17-10)12(15)16-2/h5-6,9,13-14H,3-4,7-8H2,1-2H3. The molecule has 1 aromatic heterocycles. The molecule has 0 saturated heterocycles. The summed E-state index contributed by atoms with van der Waals surface area (Å²) < 4.78 is 9.85. The van der Waals surface area contributed by atoms with E-state index >= 15 is 0 Å². The van der Waals surface area contributed by atoms with E-state index in [1.54, 1.807) is 12.1 Å². The molecule has 5 heteroatoms. The quantitative estimate of drug-likeness (QED) is 0.704. The van der Waals surface area contributed by atoms with E-state index in [2.05, 4.69) is 10.1 Å². The molecule has 1 rings (SSSR count). The molecule has 0 aliphatic carbocycles. The lowest BCUT2D eigenvalue weighted by Gasteiger charge is -2.11. The Morgan fingerprint density at radius 2 is 2.35 bits per heavy atom. The lowest BCUT2D eigenvalue weighted by Crippen LogP contribution is -2.25. The number of rotatable bonds is 7. The second-order valence-electron chi connectivity index (χ2n) is 3.91. The minimum atomic E-state index is -0.468. The number of carbonyl (C=O) groups is 1. The highest BCUT2D eigenvalue weighted by atomic mass is 16.5. The molecule has 1 unspecified atom stereocenters. The largest absolute Gasteiger partial charge is 0.463 e. The Labute approximate surface area is 101 Å². The first-order valence-electron chi connectivity index (χ1n) is 5.68. The lowest BCUT2D eigenvalue weighted by molar-refractivity contribution is 0.0563. The smallest absolute Gasteiger partial charge is 0.373 e. The molecule has 5 nitrogen and oxygen atoms in total. The third kappa shape index (κ3) is 4.58. The molecule has 96 valence electrons. The molecule has 2 N–H and O–H groups in total. The molecular formula is C12H19NO4. The summed E-state index contributed by atoms with van der Waals surface area (Å²) in [6.45, 7) is 2.81. The van der Waals surface area contributed by atoms with Gasteiger partial charge in [0, 0.05) is 12.6 Å². The van der Waals surface area contributed by atoms with Gasteiger partial charge in [-0.25, -0.2) is 4.79 Å². The maximum absolute atomic E-state index is 11.1. The maximum Gasteiger partial charge on any atom is 0.373 e. The van der Waals surface area contributed by atoms with Crippen LogP contribution in [0.15, 0.2) is 16.5 Å². The average molecular weight is 241 g/mol. The Balaban J connectivity index is 2.36. The maximum atomic E-state index is 11.1. The molecule has 0 fully saturated rings. The van der Waals surface area contributed by atoms with E-state index in [-0.39, 0.29) is 12.4 Å². The molecule has 0 spiro atoms. The van der Waals surface area contributed by atoms with Crippen molar-refractivity contribution in [1.82, 2.24) is 5.32 Å². The van der Waals surface area contributed by atoms with Crippen molar-refractivity contribution >= 4 is 5.97 Å². The molecule has 17 heavy (non-hydrogen) atoms. The SMILES string of the molecule is COC(=O)c1ccc(CNC(C)CCCO)o1. The van der Waals surface area contributed by atoms with Crippen molar-refractivity contribution in [3.63, 3.8) is 0 Å². The summed E-state index contributed by atoms with van der Waals surface area (Å²) in [7, 11) is 1.32. The van der Waals surface area contributed by atoms with Crippen LogP contribution in [0, 0.1) is 0 Å². The summed E-state index contributed by atoms with van der Waals surface area (Å²) in [5, 5.41) is 11.9. The van der Waals surface area contributed by atoms with Gasteiger partial charge in [0.15, 0.2) is 0 Å². The number of nitrogens with one attached hydrogen (secondary N) is 1. The highest BCUT2D eigenvalue weighted by molar-refractivity contribution is 5.86. The molecule has 0 aromatic carbocycles. The van der Waals surface area contributed by atoms with Crippen LogP contribution in [0.5, 0.6) is 0 Å². The van der Waals surface area contributed by atoms with Crippen molar-refractivity contribution in [2.45, 2.75) is 32.4 Å². The zero-order chi connectivity index (χ0) is 12.7. The second-order valence-corrected chi connectivity index (χ2v) is 3.91. The van der Waals surface area contributed by atoms with Crippen molar-refractivity contribution in [2.24, 2.45) is 0 Å². The van der Waals surface area contributed by atoms with Gasteiger partial charge in [-0.15, -0.1) is 0 Å². The normalized spacial score (nSPS) is 12.4. The first kappa shape index (κ1) is 13.7. The molecule has 0 amide bonds. The zero-order valence-electron chi connectivity index (χ0n) is 10.2. The summed E-state index contributed by atoms with van der Waals surface area (Å²) in [5.74, 6) is 0.443. The van der Waals surface area contributed by atoms with E-state index < -0.39 is 5.97 Å². The van der Waals surface area contributed by atoms with Gasteiger partial charge in [0.25, 0.3) is 0 Å². The van der Waals surface area contributed by atoms with Gasteiger partial charge in [0.2, 0.25) is 5.76 Å². The number of methoxy groups -OCH3 is 1. The van der Waals surface area contributed by atoms with Crippen LogP contribution in [0.2, 0.25) is 0 Å². The number of esters is 1. The van der Waals surface area contributed by atoms with E-state index in [4.69, 9.17) is 9.52 Å². The number of aliphatic hydroxyl groups is 1. The van der Waals surface area contributed by atoms with Crippen LogP contribution < -0.4 is 5.32 Å². The molecule has 0 aliphatic rings. The van der Waals surface area contributed by atoms with Crippen molar-refractivity contribution in [3.05, 3.63) is 23.7 Å². The molecule has 1 heterocycles. The minimum Gasteiger partial charge on any atom is -0.463 e. The zero-order valence-corrected chi connectivity index (χ0v) is 10.2. The monoisotopic (exact) mass is 241 g/mol. The van der Waals surface area contributed by atoms with Gasteiger partial charge in [0.1, 0.15) is 5.76 Å². The van der Waals surface area contributed by atoms with Gasteiger partial charge in [-0.05, 0) is 31.9 Å². The number of aliphatic hydroxyl groups excluding tert-OH is 1. The third-order valence-electron chi connectivity index (χ3n) is 2.47. The molecule has 0 radical (unpaired) electrons. The minimum absolute atomic E-state index is 0.208. The summed E-state index contributed by atoms with van der Waals surface area (Å²) in [5.41, 5.74) is 0. The third-order valence-corrected chi connectivity index (χ3v) is 2.47. The number of carbonyl (C=O) groups excluding carboxylic acids is 1. The van der Waals surface area contributed by atoms with Crippen molar-refractivity contribution in [2.75, 3.05) is 13.7 Å². The first-order valence-corrected chi connectivity index (χ1v) is 5.68. The van der Waals surface area contributed by atoms with Crippen LogP contribution in [0.3, 0.4) is 0 Å². The average Bonchev–Trinajstić information content (AvgIpc) is 2.81. The van der Waals surface area contributed by atoms with Crippen molar-refractivity contribution in [3.8, 4) is 0 Å². The van der Waals surface area contributed by atoms with E-state index in [1.165, 1.54) is 7.11 Å². The Morgan fingerprint density at radius 1 is 1.59 bits per heavy atom. The van der Waals surface area contributed by atoms with Gasteiger partial charge in [-0.1, -0.05) is 0 Å². The van der Waals surface area contributed by atoms with Gasteiger partial charge in [0.05, 0.1) is 13.7 Å². The van der Waals surface area contributed by atoms with Crippen LogP contribution in [-0.2, 0) is 11.3 Å². The van der Waals surface area contributed by atoms with Gasteiger partial charge >= 0.3 is 5.97 Å². The number of ether oxygens (including phenoxy) is 1. The number of hydrogen-bond acceptors (Lipinski definition) is 5. The molecule has 0 saturated carbocycles. The molecule has 1 atom stereocenters. The van der Waals surface area contributed by atoms with Crippen LogP contribution in [0.4, 0.5) is 0 Å². The fourth-order valence-corrected chi connectivity index (χ4v) is 1.46. The molecule has 0 bridgehead atoms. The number of hydrogen-bond donors (Lipinski definition) is 2. The number of furan rings is 1. The molecule has 1 aromatic rings. The summed E-state index contributed by atoms with van der Waals surface area (Å²) in [6.07, 6.45) is 1.68. The fraction of sp³-hybridized carbons (Fsp3) is 0.583. The predicted molar refractivity (Wildman–Crippen MR) is 62.7 cm³/mol. The van der Waals surface area contributed by atoms with Gasteiger partial charge in [-0.2, -0.15) is 0 Å². The van der Waals surface area contributed by atoms with E-state index in [9.17, 15) is 4.79 Å². The lowest BCUT2D eigenvalue weighted by atomic mass is 10.2. The predicted octanol–water partition coefficient (Wildman–Crippen LogP) is 1.32. The highest BCUT2D eigenvalue weighted by Crippen LogP contribution is 2.09. The summed E-state index contributed by atoms with van der Waals surface area (Å²) in [6, 6.07) is 3.65. The van der Waals surface area contributed by atoms with Crippen LogP contribution in [-0.4, -0.2) is 30.8 Å². The van der Waals surface area contributed by atoms with Gasteiger partial charge in [-0.3, -0.25) is 0 Å². The summed E-state index contributed by atoms with van der Waals surface area (Å²) in [4.78, 5) is 11.1. The van der Waals surface area contributed by atoms with E-state index in [0.717, 1.165) is 12.8 Å². The fourth-order valence-electron chi connectivity index (χ4n) is 1.46. The van der Waals surface area contributed by atoms with Crippen molar-refractivity contribution in [1.29, 1.82) is 0 Å².